The summed E-state index contributed by atoms with van der Waals surface area (Å²) in [5.41, 5.74) is 1.65. The molecule has 1 aliphatic rings. The first-order valence-electron chi connectivity index (χ1n) is 11.4. The van der Waals surface area contributed by atoms with Crippen LogP contribution in [0, 0.1) is 5.92 Å². The molecule has 176 valence electrons. The lowest BCUT2D eigenvalue weighted by atomic mass is 9.88. The number of carbonyl (C=O) groups is 3. The van der Waals surface area contributed by atoms with Gasteiger partial charge >= 0.3 is 0 Å². The van der Waals surface area contributed by atoms with Crippen LogP contribution in [0.4, 0.5) is 0 Å². The number of amides is 2. The van der Waals surface area contributed by atoms with E-state index in [4.69, 9.17) is 4.74 Å². The number of piperidine rings is 1. The second-order valence-electron chi connectivity index (χ2n) is 8.39. The van der Waals surface area contributed by atoms with Crippen LogP contribution < -0.4 is 10.1 Å². The average Bonchev–Trinajstić information content (AvgIpc) is 3.44. The highest BCUT2D eigenvalue weighted by molar-refractivity contribution is 7.12. The number of thiophene rings is 1. The standard InChI is InChI=1S/C27H28N2O4S/c1-33-22-11-9-20(10-12-22)25(30)21-13-15-29(16-14-21)27(32)23(18-19-6-3-2-4-7-19)28-26(31)24-8-5-17-34-24/h2-12,17,21,23H,13-16,18H2,1H3,(H,28,31). The lowest BCUT2D eigenvalue weighted by Gasteiger charge is -2.34. The molecule has 0 aliphatic carbocycles. The first-order valence-corrected chi connectivity index (χ1v) is 12.3. The van der Waals surface area contributed by atoms with Gasteiger partial charge in [0.15, 0.2) is 5.78 Å². The molecule has 2 aromatic carbocycles. The van der Waals surface area contributed by atoms with E-state index in [1.54, 1.807) is 42.3 Å². The van der Waals surface area contributed by atoms with E-state index >= 15 is 0 Å². The van der Waals surface area contributed by atoms with E-state index in [2.05, 4.69) is 5.32 Å². The maximum atomic E-state index is 13.4. The summed E-state index contributed by atoms with van der Waals surface area (Å²) in [7, 11) is 1.59. The zero-order valence-electron chi connectivity index (χ0n) is 19.1. The number of hydrogen-bond acceptors (Lipinski definition) is 5. The SMILES string of the molecule is COc1ccc(C(=O)C2CCN(C(=O)C(Cc3ccccc3)NC(=O)c3cccs3)CC2)cc1. The molecule has 34 heavy (non-hydrogen) atoms. The summed E-state index contributed by atoms with van der Waals surface area (Å²) >= 11 is 1.35. The Morgan fingerprint density at radius 3 is 2.32 bits per heavy atom. The van der Waals surface area contributed by atoms with Crippen LogP contribution in [0.25, 0.3) is 0 Å². The van der Waals surface area contributed by atoms with Gasteiger partial charge in [0.2, 0.25) is 5.91 Å². The maximum Gasteiger partial charge on any atom is 0.262 e. The van der Waals surface area contributed by atoms with Crippen molar-refractivity contribution in [3.63, 3.8) is 0 Å². The molecule has 0 spiro atoms. The normalized spacial score (nSPS) is 14.9. The Hall–Kier alpha value is -3.45. The van der Waals surface area contributed by atoms with E-state index in [1.165, 1.54) is 11.3 Å². The van der Waals surface area contributed by atoms with Gasteiger partial charge < -0.3 is 15.0 Å². The molecular weight excluding hydrogens is 448 g/mol. The Bertz CT molecular complexity index is 1110. The van der Waals surface area contributed by atoms with Gasteiger partial charge in [-0.3, -0.25) is 14.4 Å². The Balaban J connectivity index is 1.41. The van der Waals surface area contributed by atoms with Crippen molar-refractivity contribution in [2.75, 3.05) is 20.2 Å². The number of likely N-dealkylation sites (tertiary alicyclic amines) is 1. The summed E-state index contributed by atoms with van der Waals surface area (Å²) in [6.07, 6.45) is 1.63. The van der Waals surface area contributed by atoms with E-state index in [9.17, 15) is 14.4 Å². The Morgan fingerprint density at radius 2 is 1.71 bits per heavy atom. The Kier molecular flexibility index (Phi) is 7.75. The molecule has 1 saturated heterocycles. The molecule has 0 bridgehead atoms. The van der Waals surface area contributed by atoms with Crippen LogP contribution in [0.5, 0.6) is 5.75 Å². The fraction of sp³-hybridized carbons (Fsp3) is 0.296. The first kappa shape index (κ1) is 23.7. The average molecular weight is 477 g/mol. The summed E-state index contributed by atoms with van der Waals surface area (Å²) in [6.45, 7) is 0.983. The molecule has 1 aromatic heterocycles. The molecule has 1 unspecified atom stereocenters. The van der Waals surface area contributed by atoms with Gasteiger partial charge in [0.25, 0.3) is 5.91 Å². The smallest absolute Gasteiger partial charge is 0.262 e. The minimum Gasteiger partial charge on any atom is -0.497 e. The predicted molar refractivity (Wildman–Crippen MR) is 132 cm³/mol. The third-order valence-electron chi connectivity index (χ3n) is 6.18. The largest absolute Gasteiger partial charge is 0.497 e. The third-order valence-corrected chi connectivity index (χ3v) is 7.05. The number of benzene rings is 2. The molecule has 1 N–H and O–H groups in total. The van der Waals surface area contributed by atoms with Crippen molar-refractivity contribution < 1.29 is 19.1 Å². The Labute approximate surface area is 203 Å². The molecule has 1 aliphatic heterocycles. The number of methoxy groups -OCH3 is 1. The number of nitrogens with one attached hydrogen (secondary N) is 1. The van der Waals surface area contributed by atoms with E-state index in [1.807, 2.05) is 41.8 Å². The zero-order chi connectivity index (χ0) is 23.9. The topological polar surface area (TPSA) is 75.7 Å². The van der Waals surface area contributed by atoms with Crippen molar-refractivity contribution >= 4 is 28.9 Å². The molecule has 7 heteroatoms. The fourth-order valence-electron chi connectivity index (χ4n) is 4.26. The van der Waals surface area contributed by atoms with Crippen LogP contribution in [-0.2, 0) is 11.2 Å². The van der Waals surface area contributed by atoms with E-state index in [0.29, 0.717) is 48.5 Å². The molecule has 3 aromatic rings. The lowest BCUT2D eigenvalue weighted by Crippen LogP contribution is -2.52. The second-order valence-corrected chi connectivity index (χ2v) is 9.33. The minimum atomic E-state index is -0.661. The number of ketones is 1. The quantitative estimate of drug-likeness (QED) is 0.494. The van der Waals surface area contributed by atoms with Crippen molar-refractivity contribution in [1.82, 2.24) is 10.2 Å². The highest BCUT2D eigenvalue weighted by Crippen LogP contribution is 2.24. The molecule has 2 heterocycles. The number of hydrogen-bond donors (Lipinski definition) is 1. The summed E-state index contributed by atoms with van der Waals surface area (Å²) in [6, 6.07) is 19.7. The first-order chi connectivity index (χ1) is 16.5. The highest BCUT2D eigenvalue weighted by atomic mass is 32.1. The van der Waals surface area contributed by atoms with Crippen molar-refractivity contribution in [1.29, 1.82) is 0 Å². The molecule has 0 saturated carbocycles. The van der Waals surface area contributed by atoms with E-state index < -0.39 is 6.04 Å². The van der Waals surface area contributed by atoms with Gasteiger partial charge in [-0.1, -0.05) is 36.4 Å². The highest BCUT2D eigenvalue weighted by Gasteiger charge is 2.32. The summed E-state index contributed by atoms with van der Waals surface area (Å²) in [5, 5.41) is 4.78. The van der Waals surface area contributed by atoms with Gasteiger partial charge in [0, 0.05) is 31.0 Å². The van der Waals surface area contributed by atoms with Gasteiger partial charge in [-0.25, -0.2) is 0 Å². The monoisotopic (exact) mass is 476 g/mol. The van der Waals surface area contributed by atoms with E-state index in [0.717, 1.165) is 5.56 Å². The summed E-state index contributed by atoms with van der Waals surface area (Å²) < 4.78 is 5.17. The fourth-order valence-corrected chi connectivity index (χ4v) is 4.89. The number of Topliss-reactive ketones (excluding diaryl/α,β-unsaturated/α-hetero) is 1. The second kappa shape index (κ2) is 11.1. The molecule has 0 radical (unpaired) electrons. The summed E-state index contributed by atoms with van der Waals surface area (Å²) in [4.78, 5) is 41.4. The number of carbonyl (C=O) groups excluding carboxylic acids is 3. The number of rotatable bonds is 8. The van der Waals surface area contributed by atoms with Crippen LogP contribution in [0.3, 0.4) is 0 Å². The van der Waals surface area contributed by atoms with Crippen LogP contribution in [-0.4, -0.2) is 48.7 Å². The van der Waals surface area contributed by atoms with Gasteiger partial charge in [0.1, 0.15) is 11.8 Å². The van der Waals surface area contributed by atoms with Crippen LogP contribution in [0.2, 0.25) is 0 Å². The third kappa shape index (κ3) is 5.72. The van der Waals surface area contributed by atoms with Gasteiger partial charge in [-0.2, -0.15) is 0 Å². The molecule has 2 amide bonds. The van der Waals surface area contributed by atoms with Crippen LogP contribution in [0.15, 0.2) is 72.1 Å². The van der Waals surface area contributed by atoms with Crippen molar-refractivity contribution in [3.8, 4) is 5.75 Å². The molecular formula is C27H28N2O4S. The number of nitrogens with zero attached hydrogens (tertiary/aromatic N) is 1. The van der Waals surface area contributed by atoms with Gasteiger partial charge in [-0.15, -0.1) is 11.3 Å². The van der Waals surface area contributed by atoms with Crippen LogP contribution in [0.1, 0.15) is 38.4 Å². The Morgan fingerprint density at radius 1 is 1.00 bits per heavy atom. The lowest BCUT2D eigenvalue weighted by molar-refractivity contribution is -0.134. The van der Waals surface area contributed by atoms with Gasteiger partial charge in [-0.05, 0) is 54.1 Å². The van der Waals surface area contributed by atoms with E-state index in [-0.39, 0.29) is 23.5 Å². The van der Waals surface area contributed by atoms with Crippen molar-refractivity contribution in [3.05, 3.63) is 88.1 Å². The van der Waals surface area contributed by atoms with Crippen molar-refractivity contribution in [2.45, 2.75) is 25.3 Å². The number of ether oxygens (including phenoxy) is 1. The molecule has 4 rings (SSSR count). The van der Waals surface area contributed by atoms with Crippen LogP contribution >= 0.6 is 11.3 Å². The van der Waals surface area contributed by atoms with Gasteiger partial charge in [0.05, 0.1) is 12.0 Å². The molecule has 1 fully saturated rings. The van der Waals surface area contributed by atoms with Crippen molar-refractivity contribution in [2.24, 2.45) is 5.92 Å². The zero-order valence-corrected chi connectivity index (χ0v) is 19.9. The molecule has 6 nitrogen and oxygen atoms in total. The predicted octanol–water partition coefficient (Wildman–Crippen LogP) is 4.22. The minimum absolute atomic E-state index is 0.0987. The summed E-state index contributed by atoms with van der Waals surface area (Å²) in [5.74, 6) is 0.344. The maximum absolute atomic E-state index is 13.4. The molecule has 1 atom stereocenters.